The van der Waals surface area contributed by atoms with Crippen LogP contribution in [-0.4, -0.2) is 43.0 Å². The average molecular weight is 240 g/mol. The maximum atomic E-state index is 12.7. The van der Waals surface area contributed by atoms with E-state index in [1.165, 1.54) is 12.1 Å². The fraction of sp³-hybridized carbons (Fsp3) is 0.500. The highest BCUT2D eigenvalue weighted by atomic mass is 19.1. The van der Waals surface area contributed by atoms with Crippen LogP contribution in [0.1, 0.15) is 11.7 Å². The van der Waals surface area contributed by atoms with Gasteiger partial charge in [0.05, 0.1) is 19.3 Å². The van der Waals surface area contributed by atoms with Gasteiger partial charge in [-0.2, -0.15) is 0 Å². The molecule has 1 aromatic carbocycles. The van der Waals surface area contributed by atoms with Crippen molar-refractivity contribution < 1.29 is 14.2 Å². The minimum absolute atomic E-state index is 0.290. The van der Waals surface area contributed by atoms with Crippen molar-refractivity contribution in [2.45, 2.75) is 6.10 Å². The predicted molar refractivity (Wildman–Crippen MR) is 61.8 cm³/mol. The van der Waals surface area contributed by atoms with Crippen LogP contribution in [0.3, 0.4) is 0 Å². The van der Waals surface area contributed by atoms with Gasteiger partial charge in [0.25, 0.3) is 0 Å². The van der Waals surface area contributed by atoms with E-state index >= 15 is 0 Å². The first-order chi connectivity index (χ1) is 8.25. The molecule has 0 amide bonds. The number of hydrogen-bond donors (Lipinski definition) is 2. The third-order valence-corrected chi connectivity index (χ3v) is 2.77. The van der Waals surface area contributed by atoms with E-state index in [2.05, 4.69) is 5.43 Å². The Labute approximate surface area is 100.0 Å². The van der Waals surface area contributed by atoms with Gasteiger partial charge < -0.3 is 9.84 Å². The number of rotatable bonds is 4. The molecule has 0 spiro atoms. The molecular formula is C12H17FN2O2. The van der Waals surface area contributed by atoms with E-state index in [4.69, 9.17) is 4.74 Å². The maximum Gasteiger partial charge on any atom is 0.123 e. The van der Waals surface area contributed by atoms with E-state index in [9.17, 15) is 9.50 Å². The summed E-state index contributed by atoms with van der Waals surface area (Å²) in [6.07, 6.45) is -0.626. The Kier molecular flexibility index (Phi) is 4.44. The molecule has 1 aliphatic rings. The lowest BCUT2D eigenvalue weighted by molar-refractivity contribution is 0.00312. The Morgan fingerprint density at radius 2 is 1.94 bits per heavy atom. The van der Waals surface area contributed by atoms with Crippen molar-refractivity contribution in [2.24, 2.45) is 0 Å². The zero-order valence-electron chi connectivity index (χ0n) is 9.60. The monoisotopic (exact) mass is 240 g/mol. The van der Waals surface area contributed by atoms with Crippen LogP contribution in [0.2, 0.25) is 0 Å². The molecule has 0 radical (unpaired) electrons. The lowest BCUT2D eigenvalue weighted by atomic mass is 10.1. The first kappa shape index (κ1) is 12.4. The van der Waals surface area contributed by atoms with Gasteiger partial charge in [-0.1, -0.05) is 12.1 Å². The molecule has 0 saturated carbocycles. The van der Waals surface area contributed by atoms with Crippen LogP contribution in [-0.2, 0) is 4.74 Å². The second-order valence-corrected chi connectivity index (χ2v) is 4.03. The topological polar surface area (TPSA) is 44.7 Å². The number of nitrogens with one attached hydrogen (secondary N) is 1. The molecule has 2 rings (SSSR count). The van der Waals surface area contributed by atoms with E-state index in [0.717, 1.165) is 13.1 Å². The molecule has 0 aromatic heterocycles. The Morgan fingerprint density at radius 1 is 1.29 bits per heavy atom. The number of hydrazine groups is 1. The molecule has 0 aliphatic carbocycles. The summed E-state index contributed by atoms with van der Waals surface area (Å²) < 4.78 is 17.9. The van der Waals surface area contributed by atoms with E-state index in [1.807, 2.05) is 5.01 Å². The third-order valence-electron chi connectivity index (χ3n) is 2.77. The Bertz CT molecular complexity index is 339. The highest BCUT2D eigenvalue weighted by Gasteiger charge is 2.12. The zero-order valence-corrected chi connectivity index (χ0v) is 9.60. The number of ether oxygens (including phenoxy) is 1. The summed E-state index contributed by atoms with van der Waals surface area (Å²) in [7, 11) is 0. The highest BCUT2D eigenvalue weighted by molar-refractivity contribution is 5.18. The zero-order chi connectivity index (χ0) is 12.1. The largest absolute Gasteiger partial charge is 0.387 e. The molecule has 1 aliphatic heterocycles. The fourth-order valence-electron chi connectivity index (χ4n) is 1.74. The molecule has 1 saturated heterocycles. The van der Waals surface area contributed by atoms with Crippen LogP contribution < -0.4 is 5.43 Å². The second kappa shape index (κ2) is 6.07. The van der Waals surface area contributed by atoms with E-state index in [1.54, 1.807) is 12.1 Å². The number of aliphatic hydroxyl groups excluding tert-OH is 1. The molecule has 1 unspecified atom stereocenters. The van der Waals surface area contributed by atoms with Crippen LogP contribution in [0.4, 0.5) is 4.39 Å². The summed E-state index contributed by atoms with van der Waals surface area (Å²) >= 11 is 0. The summed E-state index contributed by atoms with van der Waals surface area (Å²) in [5.74, 6) is -0.290. The Morgan fingerprint density at radius 3 is 2.59 bits per heavy atom. The fourth-order valence-corrected chi connectivity index (χ4v) is 1.74. The van der Waals surface area contributed by atoms with Crippen LogP contribution in [0.25, 0.3) is 0 Å². The molecule has 1 atom stereocenters. The smallest absolute Gasteiger partial charge is 0.123 e. The predicted octanol–water partition coefficient (Wildman–Crippen LogP) is 0.696. The van der Waals surface area contributed by atoms with Gasteiger partial charge in [-0.15, -0.1) is 0 Å². The molecule has 0 bridgehead atoms. The van der Waals surface area contributed by atoms with Crippen molar-refractivity contribution in [3.8, 4) is 0 Å². The number of halogens is 1. The lowest BCUT2D eigenvalue weighted by Gasteiger charge is -2.28. The molecule has 2 N–H and O–H groups in total. The number of nitrogens with zero attached hydrogens (tertiary/aromatic N) is 1. The minimum Gasteiger partial charge on any atom is -0.387 e. The van der Waals surface area contributed by atoms with Gasteiger partial charge in [0, 0.05) is 19.6 Å². The van der Waals surface area contributed by atoms with Crippen molar-refractivity contribution in [1.29, 1.82) is 0 Å². The first-order valence-corrected chi connectivity index (χ1v) is 5.75. The highest BCUT2D eigenvalue weighted by Crippen LogP contribution is 2.12. The molecule has 1 aromatic rings. The molecule has 5 heteroatoms. The number of benzene rings is 1. The molecule has 4 nitrogen and oxygen atoms in total. The van der Waals surface area contributed by atoms with Gasteiger partial charge in [-0.25, -0.2) is 9.40 Å². The van der Waals surface area contributed by atoms with Crippen LogP contribution in [0, 0.1) is 5.82 Å². The quantitative estimate of drug-likeness (QED) is 0.813. The molecule has 1 fully saturated rings. The maximum absolute atomic E-state index is 12.7. The van der Waals surface area contributed by atoms with E-state index in [-0.39, 0.29) is 5.82 Å². The van der Waals surface area contributed by atoms with Crippen molar-refractivity contribution in [3.63, 3.8) is 0 Å². The normalized spacial score (nSPS) is 19.2. The van der Waals surface area contributed by atoms with E-state index in [0.29, 0.717) is 25.3 Å². The standard InChI is InChI=1S/C12H17FN2O2/c13-11-3-1-10(2-4-11)12(16)9-14-15-5-7-17-8-6-15/h1-4,12,14,16H,5-9H2. The SMILES string of the molecule is OC(CNN1CCOCC1)c1ccc(F)cc1. The number of aliphatic hydroxyl groups is 1. The lowest BCUT2D eigenvalue weighted by Crippen LogP contribution is -2.47. The molecule has 94 valence electrons. The molecule has 1 heterocycles. The molecular weight excluding hydrogens is 223 g/mol. The Hall–Kier alpha value is -1.01. The van der Waals surface area contributed by atoms with Crippen molar-refractivity contribution in [2.75, 3.05) is 32.8 Å². The van der Waals surface area contributed by atoms with Gasteiger partial charge in [0.15, 0.2) is 0 Å². The second-order valence-electron chi connectivity index (χ2n) is 4.03. The first-order valence-electron chi connectivity index (χ1n) is 5.75. The number of morpholine rings is 1. The summed E-state index contributed by atoms with van der Waals surface area (Å²) in [5.41, 5.74) is 3.86. The van der Waals surface area contributed by atoms with Crippen LogP contribution in [0.5, 0.6) is 0 Å². The number of hydrogen-bond acceptors (Lipinski definition) is 4. The van der Waals surface area contributed by atoms with Crippen molar-refractivity contribution in [1.82, 2.24) is 10.4 Å². The summed E-state index contributed by atoms with van der Waals surface area (Å²) in [6, 6.07) is 5.91. The van der Waals surface area contributed by atoms with Gasteiger partial charge in [0.1, 0.15) is 5.82 Å². The van der Waals surface area contributed by atoms with E-state index < -0.39 is 6.10 Å². The van der Waals surface area contributed by atoms with Gasteiger partial charge in [-0.05, 0) is 17.7 Å². The third kappa shape index (κ3) is 3.74. The summed E-state index contributed by atoms with van der Waals surface area (Å²) in [5, 5.41) is 11.9. The van der Waals surface area contributed by atoms with Gasteiger partial charge >= 0.3 is 0 Å². The minimum atomic E-state index is -0.626. The van der Waals surface area contributed by atoms with Crippen LogP contribution >= 0.6 is 0 Å². The summed E-state index contributed by atoms with van der Waals surface area (Å²) in [6.45, 7) is 3.47. The Balaban J connectivity index is 1.80. The van der Waals surface area contributed by atoms with Gasteiger partial charge in [-0.3, -0.25) is 5.43 Å². The average Bonchev–Trinajstić information content (AvgIpc) is 2.38. The summed E-state index contributed by atoms with van der Waals surface area (Å²) in [4.78, 5) is 0. The van der Waals surface area contributed by atoms with Crippen molar-refractivity contribution in [3.05, 3.63) is 35.6 Å². The van der Waals surface area contributed by atoms with Crippen LogP contribution in [0.15, 0.2) is 24.3 Å². The molecule has 17 heavy (non-hydrogen) atoms. The van der Waals surface area contributed by atoms with Crippen molar-refractivity contribution >= 4 is 0 Å². The van der Waals surface area contributed by atoms with Gasteiger partial charge in [0.2, 0.25) is 0 Å².